The van der Waals surface area contributed by atoms with Gasteiger partial charge in [-0.3, -0.25) is 0 Å². The maximum absolute atomic E-state index is 14.2. The second-order valence-electron chi connectivity index (χ2n) is 7.11. The summed E-state index contributed by atoms with van der Waals surface area (Å²) in [6.07, 6.45) is 6.25. The van der Waals surface area contributed by atoms with Crippen molar-refractivity contribution in [2.75, 3.05) is 0 Å². The van der Waals surface area contributed by atoms with Crippen LogP contribution in [0, 0.1) is 29.4 Å². The maximum atomic E-state index is 14.2. The minimum Gasteiger partial charge on any atom is -0.478 e. The van der Waals surface area contributed by atoms with Crippen molar-refractivity contribution in [3.63, 3.8) is 0 Å². The number of halogens is 2. The van der Waals surface area contributed by atoms with Crippen molar-refractivity contribution in [2.24, 2.45) is 17.8 Å². The minimum atomic E-state index is -1.30. The Balaban J connectivity index is 1.82. The van der Waals surface area contributed by atoms with Gasteiger partial charge < -0.3 is 5.11 Å². The van der Waals surface area contributed by atoms with Gasteiger partial charge in [0.15, 0.2) is 0 Å². The Morgan fingerprint density at radius 3 is 2.27 bits per heavy atom. The Morgan fingerprint density at radius 2 is 1.64 bits per heavy atom. The molecule has 0 saturated heterocycles. The van der Waals surface area contributed by atoms with E-state index >= 15 is 0 Å². The molecule has 0 spiro atoms. The predicted molar refractivity (Wildman–Crippen MR) is 79.9 cm³/mol. The van der Waals surface area contributed by atoms with Gasteiger partial charge in [-0.25, -0.2) is 13.6 Å². The molecular formula is C18H22F2O2. The standard InChI is InChI=1S/C18H22F2O2/c1-10-2-3-12-7-13(5-4-11(12)6-10)17-15(19)8-14(18(21)22)9-16(17)20/h8-13H,2-7H2,1H3,(H,21,22). The summed E-state index contributed by atoms with van der Waals surface area (Å²) in [6.45, 7) is 2.28. The molecule has 120 valence electrons. The zero-order valence-corrected chi connectivity index (χ0v) is 12.8. The summed E-state index contributed by atoms with van der Waals surface area (Å²) in [6, 6.07) is 1.91. The van der Waals surface area contributed by atoms with Gasteiger partial charge in [-0.2, -0.15) is 0 Å². The van der Waals surface area contributed by atoms with E-state index in [4.69, 9.17) is 5.11 Å². The summed E-state index contributed by atoms with van der Waals surface area (Å²) < 4.78 is 28.5. The Bertz CT molecular complexity index is 561. The van der Waals surface area contributed by atoms with Crippen molar-refractivity contribution >= 4 is 5.97 Å². The summed E-state index contributed by atoms with van der Waals surface area (Å²) in [5, 5.41) is 8.88. The van der Waals surface area contributed by atoms with E-state index in [0.29, 0.717) is 11.8 Å². The fourth-order valence-electron chi connectivity index (χ4n) is 4.48. The molecule has 1 aromatic rings. The minimum absolute atomic E-state index is 0.0991. The van der Waals surface area contributed by atoms with Gasteiger partial charge in [0, 0.05) is 5.56 Å². The molecule has 0 heterocycles. The lowest BCUT2D eigenvalue weighted by atomic mass is 9.64. The van der Waals surface area contributed by atoms with E-state index in [2.05, 4.69) is 6.92 Å². The molecule has 3 rings (SSSR count). The van der Waals surface area contributed by atoms with E-state index in [1.165, 1.54) is 12.8 Å². The number of carboxylic acid groups (broad SMARTS) is 1. The van der Waals surface area contributed by atoms with Crippen LogP contribution in [0.25, 0.3) is 0 Å². The lowest BCUT2D eigenvalue weighted by Gasteiger charge is -2.41. The van der Waals surface area contributed by atoms with Crippen LogP contribution in [0.15, 0.2) is 12.1 Å². The number of rotatable bonds is 2. The van der Waals surface area contributed by atoms with Crippen LogP contribution in [0.1, 0.15) is 67.3 Å². The summed E-state index contributed by atoms with van der Waals surface area (Å²) >= 11 is 0. The van der Waals surface area contributed by atoms with E-state index in [9.17, 15) is 13.6 Å². The average molecular weight is 308 g/mol. The number of hydrogen-bond donors (Lipinski definition) is 1. The van der Waals surface area contributed by atoms with Crippen molar-refractivity contribution in [2.45, 2.75) is 51.4 Å². The second-order valence-corrected chi connectivity index (χ2v) is 7.11. The Kier molecular flexibility index (Phi) is 4.20. The monoisotopic (exact) mass is 308 g/mol. The normalized spacial score (nSPS) is 31.6. The van der Waals surface area contributed by atoms with E-state index in [0.717, 1.165) is 43.7 Å². The fraction of sp³-hybridized carbons (Fsp3) is 0.611. The second kappa shape index (κ2) is 5.98. The fourth-order valence-corrected chi connectivity index (χ4v) is 4.48. The maximum Gasteiger partial charge on any atom is 0.335 e. The molecule has 0 radical (unpaired) electrons. The van der Waals surface area contributed by atoms with E-state index in [-0.39, 0.29) is 17.0 Å². The molecule has 22 heavy (non-hydrogen) atoms. The molecule has 0 amide bonds. The molecule has 2 aliphatic carbocycles. The number of carbonyl (C=O) groups is 1. The molecule has 2 saturated carbocycles. The number of aromatic carboxylic acids is 1. The first kappa shape index (κ1) is 15.4. The molecule has 0 bridgehead atoms. The van der Waals surface area contributed by atoms with Gasteiger partial charge in [-0.15, -0.1) is 0 Å². The molecule has 0 aromatic heterocycles. The van der Waals surface area contributed by atoms with E-state index in [1.807, 2.05) is 0 Å². The third-order valence-corrected chi connectivity index (χ3v) is 5.61. The van der Waals surface area contributed by atoms with Crippen molar-refractivity contribution in [3.05, 3.63) is 34.9 Å². The van der Waals surface area contributed by atoms with Crippen LogP contribution >= 0.6 is 0 Å². The van der Waals surface area contributed by atoms with Gasteiger partial charge in [0.1, 0.15) is 11.6 Å². The van der Waals surface area contributed by atoms with Gasteiger partial charge in [0.25, 0.3) is 0 Å². The topological polar surface area (TPSA) is 37.3 Å². The first-order chi connectivity index (χ1) is 10.5. The molecule has 4 atom stereocenters. The highest BCUT2D eigenvalue weighted by Crippen LogP contribution is 2.48. The zero-order chi connectivity index (χ0) is 15.9. The van der Waals surface area contributed by atoms with Crippen molar-refractivity contribution in [1.82, 2.24) is 0 Å². The third-order valence-electron chi connectivity index (χ3n) is 5.61. The van der Waals surface area contributed by atoms with Crippen LogP contribution in [0.5, 0.6) is 0 Å². The van der Waals surface area contributed by atoms with Crippen LogP contribution in [0.2, 0.25) is 0 Å². The van der Waals surface area contributed by atoms with Gasteiger partial charge in [0.05, 0.1) is 5.56 Å². The molecule has 2 fully saturated rings. The summed E-state index contributed by atoms with van der Waals surface area (Å²) in [5.74, 6) is -0.791. The van der Waals surface area contributed by atoms with Crippen LogP contribution in [0.4, 0.5) is 8.78 Å². The number of fused-ring (bicyclic) bond motifs is 1. The predicted octanol–water partition coefficient (Wildman–Crippen LogP) is 4.98. The van der Waals surface area contributed by atoms with Crippen LogP contribution in [-0.4, -0.2) is 11.1 Å². The highest BCUT2D eigenvalue weighted by atomic mass is 19.1. The van der Waals surface area contributed by atoms with E-state index < -0.39 is 17.6 Å². The molecule has 4 heteroatoms. The van der Waals surface area contributed by atoms with Crippen molar-refractivity contribution in [3.8, 4) is 0 Å². The van der Waals surface area contributed by atoms with Crippen LogP contribution in [0.3, 0.4) is 0 Å². The molecule has 2 aliphatic rings. The smallest absolute Gasteiger partial charge is 0.335 e. The van der Waals surface area contributed by atoms with Gasteiger partial charge in [-0.1, -0.05) is 13.3 Å². The Labute approximate surface area is 129 Å². The van der Waals surface area contributed by atoms with E-state index in [1.54, 1.807) is 0 Å². The average Bonchev–Trinajstić information content (AvgIpc) is 2.46. The van der Waals surface area contributed by atoms with Crippen LogP contribution < -0.4 is 0 Å². The first-order valence-electron chi connectivity index (χ1n) is 8.18. The first-order valence-corrected chi connectivity index (χ1v) is 8.18. The van der Waals surface area contributed by atoms with Gasteiger partial charge >= 0.3 is 5.97 Å². The SMILES string of the molecule is CC1CCC2CC(c3c(F)cc(C(=O)O)cc3F)CCC2C1. The van der Waals surface area contributed by atoms with Gasteiger partial charge in [0.2, 0.25) is 0 Å². The highest BCUT2D eigenvalue weighted by Gasteiger charge is 2.36. The lowest BCUT2D eigenvalue weighted by Crippen LogP contribution is -2.30. The van der Waals surface area contributed by atoms with Crippen molar-refractivity contribution < 1.29 is 18.7 Å². The number of benzene rings is 1. The summed E-state index contributed by atoms with van der Waals surface area (Å²) in [7, 11) is 0. The summed E-state index contributed by atoms with van der Waals surface area (Å²) in [5.41, 5.74) is -0.221. The van der Waals surface area contributed by atoms with Gasteiger partial charge in [-0.05, 0) is 67.9 Å². The largest absolute Gasteiger partial charge is 0.478 e. The lowest BCUT2D eigenvalue weighted by molar-refractivity contribution is 0.0695. The van der Waals surface area contributed by atoms with Crippen molar-refractivity contribution in [1.29, 1.82) is 0 Å². The molecular weight excluding hydrogens is 286 g/mol. The quantitative estimate of drug-likeness (QED) is 0.836. The summed E-state index contributed by atoms with van der Waals surface area (Å²) in [4.78, 5) is 10.9. The molecule has 0 aliphatic heterocycles. The van der Waals surface area contributed by atoms with Crippen LogP contribution in [-0.2, 0) is 0 Å². The molecule has 2 nitrogen and oxygen atoms in total. The molecule has 1 aromatic carbocycles. The highest BCUT2D eigenvalue weighted by molar-refractivity contribution is 5.87. The zero-order valence-electron chi connectivity index (χ0n) is 12.8. The number of hydrogen-bond acceptors (Lipinski definition) is 1. The molecule has 4 unspecified atom stereocenters. The molecule has 1 N–H and O–H groups in total. The number of carboxylic acids is 1. The Hall–Kier alpha value is -1.45. The Morgan fingerprint density at radius 1 is 1.05 bits per heavy atom. The third kappa shape index (κ3) is 2.88.